The molecule has 21 nitrogen and oxygen atoms in total. The molecule has 5 N–H and O–H groups in total. The molecule has 2 bridgehead atoms. The lowest BCUT2D eigenvalue weighted by molar-refractivity contribution is -0.0589. The number of ether oxygens (including phenoxy) is 2. The van der Waals surface area contributed by atoms with Gasteiger partial charge in [-0.25, -0.2) is 37.7 Å². The zero-order chi connectivity index (χ0) is 51.9. The van der Waals surface area contributed by atoms with Gasteiger partial charge in [-0.2, -0.15) is 0 Å². The summed E-state index contributed by atoms with van der Waals surface area (Å²) in [5, 5.41) is 19.3. The number of rotatable bonds is 12. The first-order valence-electron chi connectivity index (χ1n) is 22.4. The lowest BCUT2D eigenvalue weighted by Crippen LogP contribution is -2.37. The number of nitrogen functional groups attached to an aromatic ring is 1. The minimum absolute atomic E-state index is 0.0142. The van der Waals surface area contributed by atoms with Crippen LogP contribution in [0.25, 0.3) is 11.2 Å². The van der Waals surface area contributed by atoms with Gasteiger partial charge in [0.2, 0.25) is 0 Å². The number of phenolic OH excluding ortho intramolecular Hbond substituents is 2. The third-order valence-electron chi connectivity index (χ3n) is 12.1. The maximum atomic E-state index is 17.3. The van der Waals surface area contributed by atoms with Gasteiger partial charge in [-0.3, -0.25) is 46.6 Å². The fourth-order valence-corrected chi connectivity index (χ4v) is 15.0. The zero-order valence-corrected chi connectivity index (χ0v) is 41.5. The maximum Gasteiger partial charge on any atom is 0.390 e. The normalized spacial score (nSPS) is 27.2. The molecular formula is C47H41F2N7O14P2S2. The molecule has 10 rings (SSSR count). The Morgan fingerprint density at radius 1 is 0.662 bits per heavy atom. The number of hydrogen-bond donors (Lipinski definition) is 4. The number of carbonyl (C=O) groups excluding carboxylic acids is 2. The molecule has 3 aliphatic heterocycles. The third-order valence-corrected chi connectivity index (χ3v) is 19.4. The highest BCUT2D eigenvalue weighted by molar-refractivity contribution is 8.55. The lowest BCUT2D eigenvalue weighted by Gasteiger charge is -2.28. The van der Waals surface area contributed by atoms with Gasteiger partial charge in [-0.15, -0.1) is 0 Å². The molecule has 2 unspecified atom stereocenters. The minimum Gasteiger partial charge on any atom is -0.508 e. The third kappa shape index (κ3) is 10.8. The number of ketones is 2. The van der Waals surface area contributed by atoms with Crippen molar-refractivity contribution in [2.45, 2.75) is 60.7 Å². The number of aromatic amines is 1. The number of H-pyrrole nitrogens is 1. The van der Waals surface area contributed by atoms with Crippen LogP contribution in [0.5, 0.6) is 11.5 Å². The second-order valence-corrected chi connectivity index (χ2v) is 25.0. The Morgan fingerprint density at radius 3 is 1.70 bits per heavy atom. The second kappa shape index (κ2) is 21.1. The van der Waals surface area contributed by atoms with E-state index in [0.29, 0.717) is 56.1 Å². The number of nitrogens with two attached hydrogens (primary N) is 1. The monoisotopic (exact) mass is 1090 g/mol. The van der Waals surface area contributed by atoms with Crippen LogP contribution in [0.2, 0.25) is 0 Å². The van der Waals surface area contributed by atoms with Crippen molar-refractivity contribution in [3.63, 3.8) is 0 Å². The standard InChI is InChI=1S/C47H41F2N7O14P2S2/c48-36-33-19-65-71(63,73-21-25-1-5-27(6-2-25)39(60)29-9-13-31(57)14-10-29)69-41-34(68-45(37(41)49)56-24-53-38-43(50)51-23-52-44(38)56)20-66-72(64,70-42(36)46(67-33)55-18-17-35(59)54-47(55)62)74-22-26-3-7-28(8-4-26)40(61)30-11-15-32(58)16-12-30/h1-18,23-24,33-34,36-37,41-42,45-46,57-58H,19-22H2,(H2,50,51,52)(H,54,59,62)/t33-,34-,36-,37-,41-,42-,45-,46-,71?,72?/m1/s1. The molecular weight excluding hydrogens is 1050 g/mol. The average Bonchev–Trinajstić information content (AvgIpc) is 4.06. The van der Waals surface area contributed by atoms with Crippen molar-refractivity contribution in [2.24, 2.45) is 0 Å². The summed E-state index contributed by atoms with van der Waals surface area (Å²) in [5.74, 6) is -1.01. The number of halogens is 2. The summed E-state index contributed by atoms with van der Waals surface area (Å²) < 4.78 is 103. The molecule has 0 aliphatic carbocycles. The number of hydrogen-bond acceptors (Lipinski definition) is 20. The number of nitrogens with one attached hydrogen (secondary N) is 1. The molecule has 3 saturated heterocycles. The number of anilines is 1. The Kier molecular flexibility index (Phi) is 14.6. The largest absolute Gasteiger partial charge is 0.508 e. The zero-order valence-electron chi connectivity index (χ0n) is 38.1. The van der Waals surface area contributed by atoms with E-state index in [0.717, 1.165) is 23.2 Å². The Morgan fingerprint density at radius 2 is 1.16 bits per heavy atom. The average molecular weight is 1090 g/mol. The van der Waals surface area contributed by atoms with Gasteiger partial charge in [0.25, 0.3) is 5.56 Å². The number of aromatic nitrogens is 6. The lowest BCUT2D eigenvalue weighted by atomic mass is 10.0. The number of aromatic hydroxyl groups is 2. The minimum atomic E-state index is -4.75. The molecule has 6 heterocycles. The summed E-state index contributed by atoms with van der Waals surface area (Å²) in [4.78, 5) is 66.1. The fraction of sp³-hybridized carbons (Fsp3) is 0.255. The van der Waals surface area contributed by atoms with Crippen LogP contribution in [0.4, 0.5) is 14.6 Å². The second-order valence-electron chi connectivity index (χ2n) is 16.9. The highest BCUT2D eigenvalue weighted by Gasteiger charge is 2.55. The van der Waals surface area contributed by atoms with Gasteiger partial charge in [0, 0.05) is 46.0 Å². The molecule has 3 fully saturated rings. The summed E-state index contributed by atoms with van der Waals surface area (Å²) in [5.41, 5.74) is 6.60. The van der Waals surface area contributed by atoms with Gasteiger partial charge < -0.3 is 25.4 Å². The maximum absolute atomic E-state index is 17.3. The van der Waals surface area contributed by atoms with Crippen molar-refractivity contribution in [1.29, 1.82) is 0 Å². The van der Waals surface area contributed by atoms with Crippen molar-refractivity contribution in [2.75, 3.05) is 18.9 Å². The van der Waals surface area contributed by atoms with Crippen LogP contribution in [0.15, 0.2) is 132 Å². The van der Waals surface area contributed by atoms with Crippen molar-refractivity contribution in [3.05, 3.63) is 176 Å². The first kappa shape index (κ1) is 51.1. The Hall–Kier alpha value is -6.37. The summed E-state index contributed by atoms with van der Waals surface area (Å²) in [6.07, 6.45) is -11.5. The number of benzene rings is 4. The van der Waals surface area contributed by atoms with Crippen LogP contribution in [0.3, 0.4) is 0 Å². The van der Waals surface area contributed by atoms with Gasteiger partial charge in [0.15, 0.2) is 47.8 Å². The van der Waals surface area contributed by atoms with E-state index in [9.17, 15) is 29.4 Å². The first-order chi connectivity index (χ1) is 35.5. The predicted octanol–water partition coefficient (Wildman–Crippen LogP) is 7.20. The first-order valence-corrected chi connectivity index (χ1v) is 28.6. The summed E-state index contributed by atoms with van der Waals surface area (Å²) in [7, 11) is 0. The van der Waals surface area contributed by atoms with Crippen molar-refractivity contribution in [1.82, 2.24) is 29.1 Å². The molecule has 0 saturated carbocycles. The summed E-state index contributed by atoms with van der Waals surface area (Å²) in [6.45, 7) is -11.1. The van der Waals surface area contributed by atoms with E-state index in [2.05, 4.69) is 19.9 Å². The van der Waals surface area contributed by atoms with E-state index in [-0.39, 0.29) is 51.6 Å². The van der Waals surface area contributed by atoms with Crippen LogP contribution < -0.4 is 17.0 Å². The van der Waals surface area contributed by atoms with Crippen molar-refractivity contribution < 1.29 is 65.3 Å². The van der Waals surface area contributed by atoms with Crippen molar-refractivity contribution in [3.8, 4) is 11.5 Å². The van der Waals surface area contributed by atoms with E-state index in [1.807, 2.05) is 0 Å². The van der Waals surface area contributed by atoms with Crippen LogP contribution in [-0.2, 0) is 48.2 Å². The smallest absolute Gasteiger partial charge is 0.390 e. The van der Waals surface area contributed by atoms with E-state index >= 15 is 17.9 Å². The van der Waals surface area contributed by atoms with Gasteiger partial charge >= 0.3 is 19.3 Å². The van der Waals surface area contributed by atoms with Gasteiger partial charge in [0.1, 0.15) is 47.8 Å². The van der Waals surface area contributed by atoms with Crippen LogP contribution in [-0.4, -0.2) is 101 Å². The highest BCUT2D eigenvalue weighted by atomic mass is 32.7. The molecule has 10 atom stereocenters. The molecule has 4 aromatic carbocycles. The van der Waals surface area contributed by atoms with Crippen LogP contribution in [0, 0.1) is 0 Å². The molecule has 3 aromatic heterocycles. The van der Waals surface area contributed by atoms with Gasteiger partial charge in [-0.05, 0) is 82.4 Å². The Balaban J connectivity index is 0.973. The Labute approximate surface area is 424 Å². The molecule has 0 amide bonds. The number of carbonyl (C=O) groups is 2. The summed E-state index contributed by atoms with van der Waals surface area (Å²) in [6, 6.07) is 24.8. The van der Waals surface area contributed by atoms with Crippen LogP contribution >= 0.6 is 36.4 Å². The van der Waals surface area contributed by atoms with E-state index in [1.165, 1.54) is 83.7 Å². The topological polar surface area (TPSA) is 289 Å². The molecule has 0 radical (unpaired) electrons. The SMILES string of the molecule is Nc1ncnc2c1ncn2[C@@H]1O[C@@H]2COP(=O)(SCc3ccc(C(=O)c4ccc(O)cc4)cc3)O[C@@H]3[C@H](F)[C@@H](COP(=O)(SCc4ccc(C(=O)c5ccc(O)cc5)cc4)O[C@H]2[C@H]1F)O[C@H]3n1ccc(=O)[nH]c1=O. The van der Waals surface area contributed by atoms with Crippen molar-refractivity contribution >= 4 is 64.9 Å². The molecule has 0 spiro atoms. The number of imidazole rings is 1. The van der Waals surface area contributed by atoms with E-state index in [4.69, 9.17) is 33.3 Å². The molecule has 7 aromatic rings. The quantitative estimate of drug-likeness (QED) is 0.0694. The number of fused-ring (bicyclic) bond motifs is 4. The highest BCUT2D eigenvalue weighted by Crippen LogP contribution is 2.67. The number of phenols is 2. The Bertz CT molecular complexity index is 3450. The van der Waals surface area contributed by atoms with Gasteiger partial charge in [0.05, 0.1) is 19.5 Å². The summed E-state index contributed by atoms with van der Waals surface area (Å²) >= 11 is 1.18. The molecule has 3 aliphatic rings. The molecule has 74 heavy (non-hydrogen) atoms. The van der Waals surface area contributed by atoms with E-state index < -0.39 is 87.3 Å². The molecule has 384 valence electrons. The fourth-order valence-electron chi connectivity index (χ4n) is 8.22. The number of alkyl halides is 2. The van der Waals surface area contributed by atoms with Crippen LogP contribution in [0.1, 0.15) is 55.4 Å². The predicted molar refractivity (Wildman–Crippen MR) is 264 cm³/mol. The van der Waals surface area contributed by atoms with Gasteiger partial charge in [-0.1, -0.05) is 48.5 Å². The molecule has 27 heteroatoms. The van der Waals surface area contributed by atoms with E-state index in [1.54, 1.807) is 24.3 Å². The number of nitrogens with zero attached hydrogens (tertiary/aromatic N) is 5.